The van der Waals surface area contributed by atoms with Crippen molar-refractivity contribution in [2.24, 2.45) is 5.73 Å². The highest BCUT2D eigenvalue weighted by Gasteiger charge is 2.26. The second kappa shape index (κ2) is 44.0. The quantitative estimate of drug-likeness (QED) is 0.0273. The second-order valence-electron chi connectivity index (χ2n) is 15.9. The number of phosphoric ester groups is 1. The number of amides is 1. The van der Waals surface area contributed by atoms with Gasteiger partial charge in [0, 0.05) is 13.0 Å². The number of carbonyl (C=O) groups is 1. The van der Waals surface area contributed by atoms with Crippen molar-refractivity contribution in [3.8, 4) is 0 Å². The van der Waals surface area contributed by atoms with Crippen molar-refractivity contribution in [3.63, 3.8) is 0 Å². The molecule has 0 bridgehead atoms. The van der Waals surface area contributed by atoms with E-state index in [1.54, 1.807) is 6.08 Å². The van der Waals surface area contributed by atoms with Gasteiger partial charge in [0.2, 0.25) is 5.91 Å². The molecule has 1 amide bonds. The summed E-state index contributed by atoms with van der Waals surface area (Å²) in [6, 6.07) is -0.886. The molecule has 3 atom stereocenters. The van der Waals surface area contributed by atoms with Crippen LogP contribution in [0.3, 0.4) is 0 Å². The van der Waals surface area contributed by atoms with Gasteiger partial charge in [0.1, 0.15) is 0 Å². The summed E-state index contributed by atoms with van der Waals surface area (Å²) < 4.78 is 22.1. The van der Waals surface area contributed by atoms with Crippen LogP contribution in [-0.2, 0) is 18.4 Å². The first kappa shape index (κ1) is 55.5. The van der Waals surface area contributed by atoms with Crippen LogP contribution in [-0.4, -0.2) is 47.8 Å². The van der Waals surface area contributed by atoms with E-state index in [0.717, 1.165) is 44.9 Å². The van der Waals surface area contributed by atoms with E-state index in [9.17, 15) is 19.4 Å². The molecule has 0 aromatic rings. The highest BCUT2D eigenvalue weighted by Crippen LogP contribution is 2.43. The lowest BCUT2D eigenvalue weighted by Crippen LogP contribution is -2.45. The summed E-state index contributed by atoms with van der Waals surface area (Å²) >= 11 is 0. The number of hydrogen-bond acceptors (Lipinski definition) is 6. The minimum Gasteiger partial charge on any atom is -0.387 e. The lowest BCUT2D eigenvalue weighted by Gasteiger charge is -2.23. The third kappa shape index (κ3) is 42.4. The minimum atomic E-state index is -4.35. The summed E-state index contributed by atoms with van der Waals surface area (Å²) in [5.74, 6) is -0.213. The van der Waals surface area contributed by atoms with Gasteiger partial charge in [-0.3, -0.25) is 13.8 Å². The van der Waals surface area contributed by atoms with Crippen LogP contribution in [0, 0.1) is 0 Å². The monoisotopic (exact) mass is 823 g/mol. The number of unbranched alkanes of at least 4 members (excludes halogenated alkanes) is 26. The first-order chi connectivity index (χ1) is 27.9. The lowest BCUT2D eigenvalue weighted by molar-refractivity contribution is -0.123. The SMILES string of the molecule is CCCCCCCC/C=C\CCCCCCCCCC(=O)NC(COP(=O)(O)OCCN)C(O)/C=C/CC/C=C/CC/C=C/CCCCCCCCCCCCC. The molecule has 3 unspecified atom stereocenters. The van der Waals surface area contributed by atoms with Gasteiger partial charge in [0.05, 0.1) is 25.4 Å². The van der Waals surface area contributed by atoms with E-state index in [-0.39, 0.29) is 25.7 Å². The maximum absolute atomic E-state index is 12.8. The number of hydrogen-bond donors (Lipinski definition) is 4. The number of nitrogens with two attached hydrogens (primary N) is 1. The van der Waals surface area contributed by atoms with Gasteiger partial charge in [-0.05, 0) is 70.6 Å². The van der Waals surface area contributed by atoms with Crippen molar-refractivity contribution >= 4 is 13.7 Å². The van der Waals surface area contributed by atoms with Gasteiger partial charge < -0.3 is 21.1 Å². The van der Waals surface area contributed by atoms with Gasteiger partial charge in [0.25, 0.3) is 0 Å². The molecule has 0 fully saturated rings. The van der Waals surface area contributed by atoms with Crippen molar-refractivity contribution in [1.82, 2.24) is 5.32 Å². The van der Waals surface area contributed by atoms with Gasteiger partial charge >= 0.3 is 7.82 Å². The first-order valence-electron chi connectivity index (χ1n) is 23.8. The molecule has 0 aromatic carbocycles. The molecule has 0 saturated heterocycles. The first-order valence-corrected chi connectivity index (χ1v) is 25.3. The fraction of sp³-hybridized carbons (Fsp3) is 0.812. The number of phosphoric acid groups is 1. The third-order valence-corrected chi connectivity index (χ3v) is 11.3. The van der Waals surface area contributed by atoms with Gasteiger partial charge in [-0.15, -0.1) is 0 Å². The Kier molecular flexibility index (Phi) is 42.8. The number of allylic oxidation sites excluding steroid dienone is 7. The Labute approximate surface area is 352 Å². The minimum absolute atomic E-state index is 0.0702. The fourth-order valence-electron chi connectivity index (χ4n) is 6.75. The van der Waals surface area contributed by atoms with Crippen LogP contribution >= 0.6 is 7.82 Å². The van der Waals surface area contributed by atoms with Crippen molar-refractivity contribution in [1.29, 1.82) is 0 Å². The van der Waals surface area contributed by atoms with Crippen molar-refractivity contribution < 1.29 is 28.4 Å². The smallest absolute Gasteiger partial charge is 0.387 e. The van der Waals surface area contributed by atoms with Crippen molar-refractivity contribution in [2.75, 3.05) is 19.8 Å². The molecular formula is C48H91N2O6P. The zero-order valence-electron chi connectivity index (χ0n) is 37.1. The second-order valence-corrected chi connectivity index (χ2v) is 17.4. The molecule has 0 aliphatic heterocycles. The molecule has 0 spiro atoms. The molecule has 57 heavy (non-hydrogen) atoms. The Hall–Kier alpha value is -1.54. The summed E-state index contributed by atoms with van der Waals surface area (Å²) in [6.07, 6.45) is 54.5. The van der Waals surface area contributed by atoms with Crippen molar-refractivity contribution in [2.45, 2.75) is 231 Å². The van der Waals surface area contributed by atoms with Crippen LogP contribution < -0.4 is 11.1 Å². The predicted octanol–water partition coefficient (Wildman–Crippen LogP) is 13.7. The van der Waals surface area contributed by atoms with E-state index in [0.29, 0.717) is 6.42 Å². The number of aliphatic hydroxyl groups excluding tert-OH is 1. The highest BCUT2D eigenvalue weighted by atomic mass is 31.2. The molecule has 0 aliphatic rings. The maximum atomic E-state index is 12.8. The highest BCUT2D eigenvalue weighted by molar-refractivity contribution is 7.47. The van der Waals surface area contributed by atoms with Gasteiger partial charge in [-0.2, -0.15) is 0 Å². The summed E-state index contributed by atoms with van der Waals surface area (Å²) in [4.78, 5) is 22.7. The van der Waals surface area contributed by atoms with Crippen LogP contribution in [0.1, 0.15) is 219 Å². The largest absolute Gasteiger partial charge is 0.472 e. The summed E-state index contributed by atoms with van der Waals surface area (Å²) in [6.45, 7) is 4.11. The van der Waals surface area contributed by atoms with E-state index in [1.165, 1.54) is 154 Å². The number of nitrogens with one attached hydrogen (secondary N) is 1. The van der Waals surface area contributed by atoms with Gasteiger partial charge in [-0.1, -0.05) is 191 Å². The van der Waals surface area contributed by atoms with Crippen LogP contribution in [0.4, 0.5) is 0 Å². The van der Waals surface area contributed by atoms with Gasteiger partial charge in [-0.25, -0.2) is 4.57 Å². The number of rotatable bonds is 44. The molecule has 0 saturated carbocycles. The van der Waals surface area contributed by atoms with Crippen LogP contribution in [0.25, 0.3) is 0 Å². The molecule has 8 nitrogen and oxygen atoms in total. The molecule has 0 rings (SSSR count). The van der Waals surface area contributed by atoms with E-state index in [4.69, 9.17) is 14.8 Å². The molecule has 0 aliphatic carbocycles. The Morgan fingerprint density at radius 2 is 0.930 bits per heavy atom. The van der Waals surface area contributed by atoms with E-state index >= 15 is 0 Å². The van der Waals surface area contributed by atoms with Crippen LogP contribution in [0.5, 0.6) is 0 Å². The number of carbonyl (C=O) groups excluding carboxylic acids is 1. The zero-order valence-corrected chi connectivity index (χ0v) is 38.0. The lowest BCUT2D eigenvalue weighted by atomic mass is 10.1. The molecule has 334 valence electrons. The molecule has 0 aromatic heterocycles. The molecule has 9 heteroatoms. The van der Waals surface area contributed by atoms with E-state index in [2.05, 4.69) is 55.6 Å². The Bertz CT molecular complexity index is 1030. The molecule has 0 radical (unpaired) electrons. The summed E-state index contributed by atoms with van der Waals surface area (Å²) in [5, 5.41) is 13.7. The Morgan fingerprint density at radius 3 is 1.35 bits per heavy atom. The average Bonchev–Trinajstić information content (AvgIpc) is 3.20. The van der Waals surface area contributed by atoms with Gasteiger partial charge in [0.15, 0.2) is 0 Å². The topological polar surface area (TPSA) is 131 Å². The van der Waals surface area contributed by atoms with Crippen molar-refractivity contribution in [3.05, 3.63) is 48.6 Å². The third-order valence-electron chi connectivity index (χ3n) is 10.4. The number of aliphatic hydroxyl groups is 1. The normalized spacial score (nSPS) is 14.4. The maximum Gasteiger partial charge on any atom is 0.472 e. The molecule has 0 heterocycles. The van der Waals surface area contributed by atoms with E-state index < -0.39 is 20.0 Å². The molecular weight excluding hydrogens is 732 g/mol. The predicted molar refractivity (Wildman–Crippen MR) is 244 cm³/mol. The standard InChI is InChI=1S/C48H91N2O6P/c1-3-5-7-9-11-13-15-17-19-21-22-23-24-26-27-29-31-33-35-37-39-41-47(51)46(45-56-57(53,54)55-44-43-49)50-48(52)42-40-38-36-34-32-30-28-25-20-18-16-14-12-10-8-6-4-2/h18,20,24,26,31,33,39,41,46-47,51H,3-17,19,21-23,25,27-30,32,34-38,40,42-45,49H2,1-2H3,(H,50,52)(H,53,54)/b20-18-,26-24+,33-31+,41-39+. The zero-order chi connectivity index (χ0) is 41.8. The average molecular weight is 823 g/mol. The Morgan fingerprint density at radius 1 is 0.561 bits per heavy atom. The molecule has 5 N–H and O–H groups in total. The Balaban J connectivity index is 4.24. The fourth-order valence-corrected chi connectivity index (χ4v) is 7.51. The summed E-state index contributed by atoms with van der Waals surface area (Å²) in [7, 11) is -4.35. The van der Waals surface area contributed by atoms with E-state index in [1.807, 2.05) is 6.08 Å². The van der Waals surface area contributed by atoms with Crippen LogP contribution in [0.2, 0.25) is 0 Å². The summed E-state index contributed by atoms with van der Waals surface area (Å²) in [5.41, 5.74) is 5.38. The van der Waals surface area contributed by atoms with Crippen LogP contribution in [0.15, 0.2) is 48.6 Å².